The van der Waals surface area contributed by atoms with E-state index in [0.717, 1.165) is 10.8 Å². The lowest BCUT2D eigenvalue weighted by Crippen LogP contribution is -2.23. The molecule has 0 aromatic heterocycles. The molecule has 0 saturated heterocycles. The lowest BCUT2D eigenvalue weighted by molar-refractivity contribution is -0.149. The van der Waals surface area contributed by atoms with Gasteiger partial charge in [-0.15, -0.1) is 0 Å². The molecule has 0 radical (unpaired) electrons. The van der Waals surface area contributed by atoms with Gasteiger partial charge in [-0.2, -0.15) is 5.26 Å². The van der Waals surface area contributed by atoms with Gasteiger partial charge < -0.3 is 14.8 Å². The van der Waals surface area contributed by atoms with Gasteiger partial charge >= 0.3 is 5.97 Å². The van der Waals surface area contributed by atoms with E-state index in [4.69, 9.17) is 26.3 Å². The first-order chi connectivity index (χ1) is 13.6. The minimum absolute atomic E-state index is 0.338. The van der Waals surface area contributed by atoms with Crippen LogP contribution in [0.2, 0.25) is 5.02 Å². The van der Waals surface area contributed by atoms with Crippen molar-refractivity contribution >= 4 is 39.9 Å². The third kappa shape index (κ3) is 4.78. The first kappa shape index (κ1) is 19.2. The Balaban J connectivity index is 1.50. The molecule has 3 aromatic carbocycles. The fraction of sp³-hybridized carbons (Fsp3) is 0.0952. The van der Waals surface area contributed by atoms with Gasteiger partial charge in [-0.1, -0.05) is 35.9 Å². The van der Waals surface area contributed by atoms with Crippen molar-refractivity contribution in [1.82, 2.24) is 0 Å². The fourth-order valence-electron chi connectivity index (χ4n) is 2.51. The number of nitriles is 1. The van der Waals surface area contributed by atoms with Crippen LogP contribution in [0.15, 0.2) is 60.7 Å². The molecule has 0 bridgehead atoms. The second-order valence-electron chi connectivity index (χ2n) is 5.78. The molecule has 0 saturated carbocycles. The Morgan fingerprint density at radius 3 is 2.39 bits per heavy atom. The van der Waals surface area contributed by atoms with E-state index in [1.54, 1.807) is 36.4 Å². The number of carbonyl (C=O) groups excluding carboxylic acids is 2. The molecule has 3 aromatic rings. The summed E-state index contributed by atoms with van der Waals surface area (Å²) in [4.78, 5) is 23.7. The number of hydrogen-bond donors (Lipinski definition) is 1. The van der Waals surface area contributed by atoms with Crippen molar-refractivity contribution in [3.63, 3.8) is 0 Å². The molecule has 0 aliphatic heterocycles. The van der Waals surface area contributed by atoms with E-state index in [9.17, 15) is 9.59 Å². The average Bonchev–Trinajstić information content (AvgIpc) is 2.72. The Kier molecular flexibility index (Phi) is 6.10. The van der Waals surface area contributed by atoms with Crippen LogP contribution in [0.3, 0.4) is 0 Å². The second kappa shape index (κ2) is 8.89. The smallest absolute Gasteiger partial charge is 0.344 e. The van der Waals surface area contributed by atoms with Crippen LogP contribution >= 0.6 is 11.6 Å². The Labute approximate surface area is 166 Å². The number of carbonyl (C=O) groups is 2. The number of rotatable bonds is 6. The second-order valence-corrected chi connectivity index (χ2v) is 6.18. The van der Waals surface area contributed by atoms with Crippen LogP contribution in [0.25, 0.3) is 10.8 Å². The van der Waals surface area contributed by atoms with Crippen molar-refractivity contribution in [2.24, 2.45) is 0 Å². The zero-order chi connectivity index (χ0) is 19.9. The van der Waals surface area contributed by atoms with E-state index in [2.05, 4.69) is 5.32 Å². The molecule has 0 aliphatic carbocycles. The highest BCUT2D eigenvalue weighted by atomic mass is 35.5. The Morgan fingerprint density at radius 1 is 0.964 bits per heavy atom. The van der Waals surface area contributed by atoms with Gasteiger partial charge in [0.2, 0.25) is 0 Å². The largest absolute Gasteiger partial charge is 0.481 e. The van der Waals surface area contributed by atoms with Gasteiger partial charge in [-0.05, 0) is 36.4 Å². The number of nitrogens with zero attached hydrogens (tertiary/aromatic N) is 1. The standard InChI is InChI=1S/C21H15ClN2O4/c22-18-9-10-19(17-4-2-1-3-16(17)18)27-13-21(26)28-12-20(25)24-15-7-5-14(11-23)6-8-15/h1-10H,12-13H2,(H,24,25). The highest BCUT2D eigenvalue weighted by Gasteiger charge is 2.11. The Hall–Kier alpha value is -3.56. The summed E-state index contributed by atoms with van der Waals surface area (Å²) in [5.41, 5.74) is 0.986. The molecule has 140 valence electrons. The first-order valence-electron chi connectivity index (χ1n) is 8.32. The van der Waals surface area contributed by atoms with Crippen LogP contribution in [0.4, 0.5) is 5.69 Å². The highest BCUT2D eigenvalue weighted by Crippen LogP contribution is 2.31. The third-order valence-corrected chi connectivity index (χ3v) is 4.17. The highest BCUT2D eigenvalue weighted by molar-refractivity contribution is 6.35. The summed E-state index contributed by atoms with van der Waals surface area (Å²) in [6, 6.07) is 19.1. The Morgan fingerprint density at radius 2 is 1.68 bits per heavy atom. The molecule has 1 N–H and O–H groups in total. The van der Waals surface area contributed by atoms with Crippen molar-refractivity contribution < 1.29 is 19.1 Å². The monoisotopic (exact) mass is 394 g/mol. The predicted molar refractivity (Wildman–Crippen MR) is 105 cm³/mol. The first-order valence-corrected chi connectivity index (χ1v) is 8.70. The minimum Gasteiger partial charge on any atom is -0.481 e. The van der Waals surface area contributed by atoms with Crippen molar-refractivity contribution in [3.8, 4) is 11.8 Å². The van der Waals surface area contributed by atoms with Crippen molar-refractivity contribution in [2.45, 2.75) is 0 Å². The van der Waals surface area contributed by atoms with Gasteiger partial charge in [-0.3, -0.25) is 4.79 Å². The molecule has 1 amide bonds. The predicted octanol–water partition coefficient (Wildman–Crippen LogP) is 3.93. The minimum atomic E-state index is -0.672. The van der Waals surface area contributed by atoms with Gasteiger partial charge in [0.1, 0.15) is 5.75 Å². The Bertz CT molecular complexity index is 1060. The molecule has 6 nitrogen and oxygen atoms in total. The number of halogens is 1. The van der Waals surface area contributed by atoms with E-state index in [1.165, 1.54) is 0 Å². The van der Waals surface area contributed by atoms with Gasteiger partial charge in [0.15, 0.2) is 13.2 Å². The maximum absolute atomic E-state index is 11.9. The summed E-state index contributed by atoms with van der Waals surface area (Å²) in [6.45, 7) is -0.778. The summed E-state index contributed by atoms with van der Waals surface area (Å²) < 4.78 is 10.4. The number of fused-ring (bicyclic) bond motifs is 1. The van der Waals surface area contributed by atoms with E-state index < -0.39 is 18.5 Å². The van der Waals surface area contributed by atoms with Crippen LogP contribution in [0.1, 0.15) is 5.56 Å². The van der Waals surface area contributed by atoms with Crippen LogP contribution < -0.4 is 10.1 Å². The van der Waals surface area contributed by atoms with E-state index in [0.29, 0.717) is 22.0 Å². The van der Waals surface area contributed by atoms with Gasteiger partial charge in [0.05, 0.1) is 11.6 Å². The summed E-state index contributed by atoms with van der Waals surface area (Å²) in [6.07, 6.45) is 0. The molecular formula is C21H15ClN2O4. The lowest BCUT2D eigenvalue weighted by atomic mass is 10.1. The quantitative estimate of drug-likeness (QED) is 0.640. The van der Waals surface area contributed by atoms with Crippen molar-refractivity contribution in [3.05, 3.63) is 71.2 Å². The molecule has 3 rings (SSSR count). The van der Waals surface area contributed by atoms with E-state index in [1.807, 2.05) is 30.3 Å². The number of ether oxygens (including phenoxy) is 2. The topological polar surface area (TPSA) is 88.4 Å². The molecule has 0 fully saturated rings. The molecule has 0 unspecified atom stereocenters. The fourth-order valence-corrected chi connectivity index (χ4v) is 2.74. The number of hydrogen-bond acceptors (Lipinski definition) is 5. The summed E-state index contributed by atoms with van der Waals surface area (Å²) in [7, 11) is 0. The van der Waals surface area contributed by atoms with Gasteiger partial charge in [0, 0.05) is 21.5 Å². The lowest BCUT2D eigenvalue weighted by Gasteiger charge is -2.10. The van der Waals surface area contributed by atoms with E-state index >= 15 is 0 Å². The average molecular weight is 395 g/mol. The molecule has 7 heteroatoms. The maximum Gasteiger partial charge on any atom is 0.344 e. The molecular weight excluding hydrogens is 380 g/mol. The number of nitrogens with one attached hydrogen (secondary N) is 1. The summed E-state index contributed by atoms with van der Waals surface area (Å²) >= 11 is 6.15. The van der Waals surface area contributed by atoms with Gasteiger partial charge in [0.25, 0.3) is 5.91 Å². The number of amides is 1. The van der Waals surface area contributed by atoms with E-state index in [-0.39, 0.29) is 6.61 Å². The number of anilines is 1. The molecule has 0 aliphatic rings. The van der Waals surface area contributed by atoms with Crippen LogP contribution in [0.5, 0.6) is 5.75 Å². The van der Waals surface area contributed by atoms with Crippen molar-refractivity contribution in [1.29, 1.82) is 5.26 Å². The van der Waals surface area contributed by atoms with Crippen molar-refractivity contribution in [2.75, 3.05) is 18.5 Å². The van der Waals surface area contributed by atoms with Crippen LogP contribution in [0, 0.1) is 11.3 Å². The summed E-state index contributed by atoms with van der Waals surface area (Å²) in [5, 5.41) is 13.5. The van der Waals surface area contributed by atoms with Crippen LogP contribution in [-0.2, 0) is 14.3 Å². The maximum atomic E-state index is 11.9. The zero-order valence-corrected chi connectivity index (χ0v) is 15.4. The number of esters is 1. The van der Waals surface area contributed by atoms with Crippen LogP contribution in [-0.4, -0.2) is 25.1 Å². The zero-order valence-electron chi connectivity index (χ0n) is 14.6. The molecule has 0 atom stereocenters. The third-order valence-electron chi connectivity index (χ3n) is 3.84. The molecule has 0 heterocycles. The molecule has 28 heavy (non-hydrogen) atoms. The van der Waals surface area contributed by atoms with Gasteiger partial charge in [-0.25, -0.2) is 4.79 Å². The summed E-state index contributed by atoms with van der Waals surface area (Å²) in [5.74, 6) is -0.664. The number of benzene rings is 3. The SMILES string of the molecule is N#Cc1ccc(NC(=O)COC(=O)COc2ccc(Cl)c3ccccc23)cc1. The normalized spacial score (nSPS) is 10.1. The molecule has 0 spiro atoms.